The van der Waals surface area contributed by atoms with Crippen LogP contribution in [0.5, 0.6) is 0 Å². The van der Waals surface area contributed by atoms with Gasteiger partial charge < -0.3 is 10.2 Å². The Morgan fingerprint density at radius 1 is 1.36 bits per heavy atom. The number of nitrogens with two attached hydrogens (primary N) is 1. The topological polar surface area (TPSA) is 52.0 Å². The van der Waals surface area contributed by atoms with Gasteiger partial charge in [0.1, 0.15) is 5.76 Å². The lowest BCUT2D eigenvalue weighted by Crippen LogP contribution is -2.10. The van der Waals surface area contributed by atoms with Gasteiger partial charge in [0.15, 0.2) is 5.22 Å². The fourth-order valence-corrected chi connectivity index (χ4v) is 1.37. The van der Waals surface area contributed by atoms with Crippen molar-refractivity contribution in [2.24, 2.45) is 5.73 Å². The predicted octanol–water partition coefficient (Wildman–Crippen LogP) is 2.38. The van der Waals surface area contributed by atoms with Gasteiger partial charge in [0.05, 0.1) is 6.04 Å². The maximum atomic E-state index is 5.94. The Hall–Kier alpha value is -1.32. The van der Waals surface area contributed by atoms with E-state index < -0.39 is 0 Å². The molecule has 4 heteroatoms. The second-order valence-electron chi connectivity index (χ2n) is 2.91. The number of furan rings is 1. The first-order valence-corrected chi connectivity index (χ1v) is 4.56. The maximum Gasteiger partial charge on any atom is 0.193 e. The standard InChI is InChI=1S/C10H9ClN2O/c11-9-4-3-8(14-9)10(12)7-2-1-5-13-6-7/h1-6,10H,12H2. The number of rotatable bonds is 2. The molecule has 0 radical (unpaired) electrons. The average Bonchev–Trinajstić information content (AvgIpc) is 2.65. The Morgan fingerprint density at radius 3 is 2.79 bits per heavy atom. The highest BCUT2D eigenvalue weighted by atomic mass is 35.5. The third-order valence-corrected chi connectivity index (χ3v) is 2.15. The zero-order valence-corrected chi connectivity index (χ0v) is 8.11. The molecule has 1 atom stereocenters. The van der Waals surface area contributed by atoms with E-state index in [-0.39, 0.29) is 6.04 Å². The molecule has 3 nitrogen and oxygen atoms in total. The summed E-state index contributed by atoms with van der Waals surface area (Å²) in [6.07, 6.45) is 3.41. The van der Waals surface area contributed by atoms with E-state index >= 15 is 0 Å². The Balaban J connectivity index is 2.29. The first kappa shape index (κ1) is 9.24. The molecule has 0 saturated carbocycles. The van der Waals surface area contributed by atoms with Gasteiger partial charge >= 0.3 is 0 Å². The van der Waals surface area contributed by atoms with E-state index in [1.54, 1.807) is 24.5 Å². The molecule has 2 aromatic heterocycles. The van der Waals surface area contributed by atoms with Crippen LogP contribution in [-0.2, 0) is 0 Å². The second-order valence-corrected chi connectivity index (χ2v) is 3.28. The molecule has 0 bridgehead atoms. The molecule has 2 aromatic rings. The molecule has 0 spiro atoms. The zero-order valence-electron chi connectivity index (χ0n) is 7.35. The van der Waals surface area contributed by atoms with Crippen LogP contribution in [0.15, 0.2) is 41.1 Å². The SMILES string of the molecule is NC(c1cccnc1)c1ccc(Cl)o1. The van der Waals surface area contributed by atoms with E-state index in [2.05, 4.69) is 4.98 Å². The third kappa shape index (κ3) is 1.78. The van der Waals surface area contributed by atoms with Crippen molar-refractivity contribution < 1.29 is 4.42 Å². The van der Waals surface area contributed by atoms with Crippen LogP contribution < -0.4 is 5.73 Å². The Bertz CT molecular complexity index is 413. The van der Waals surface area contributed by atoms with E-state index in [0.29, 0.717) is 11.0 Å². The van der Waals surface area contributed by atoms with Crippen molar-refractivity contribution in [3.05, 3.63) is 53.2 Å². The lowest BCUT2D eigenvalue weighted by atomic mass is 10.1. The molecule has 0 aliphatic heterocycles. The smallest absolute Gasteiger partial charge is 0.193 e. The van der Waals surface area contributed by atoms with Crippen molar-refractivity contribution >= 4 is 11.6 Å². The summed E-state index contributed by atoms with van der Waals surface area (Å²) in [7, 11) is 0. The highest BCUT2D eigenvalue weighted by Gasteiger charge is 2.12. The lowest BCUT2D eigenvalue weighted by Gasteiger charge is -2.07. The molecule has 0 saturated heterocycles. The zero-order chi connectivity index (χ0) is 9.97. The molecule has 1 unspecified atom stereocenters. The first-order chi connectivity index (χ1) is 6.77. The van der Waals surface area contributed by atoms with Crippen molar-refractivity contribution in [1.29, 1.82) is 0 Å². The summed E-state index contributed by atoms with van der Waals surface area (Å²) < 4.78 is 5.21. The van der Waals surface area contributed by atoms with E-state index in [9.17, 15) is 0 Å². The molecule has 2 rings (SSSR count). The van der Waals surface area contributed by atoms with Crippen LogP contribution in [0, 0.1) is 0 Å². The highest BCUT2D eigenvalue weighted by Crippen LogP contribution is 2.22. The fraction of sp³-hybridized carbons (Fsp3) is 0.100. The van der Waals surface area contributed by atoms with Crippen molar-refractivity contribution in [1.82, 2.24) is 4.98 Å². The van der Waals surface area contributed by atoms with Gasteiger partial charge in [-0.1, -0.05) is 6.07 Å². The van der Waals surface area contributed by atoms with Crippen LogP contribution in [0.1, 0.15) is 17.4 Å². The summed E-state index contributed by atoms with van der Waals surface area (Å²) in [6.45, 7) is 0. The Labute approximate surface area is 86.5 Å². The molecule has 0 aromatic carbocycles. The van der Waals surface area contributed by atoms with Crippen LogP contribution in [-0.4, -0.2) is 4.98 Å². The number of aromatic nitrogens is 1. The van der Waals surface area contributed by atoms with E-state index in [1.165, 1.54) is 0 Å². The minimum Gasteiger partial charge on any atom is -0.448 e. The van der Waals surface area contributed by atoms with Gasteiger partial charge in [0.25, 0.3) is 0 Å². The Morgan fingerprint density at radius 2 is 2.21 bits per heavy atom. The number of hydrogen-bond donors (Lipinski definition) is 1. The highest BCUT2D eigenvalue weighted by molar-refractivity contribution is 6.28. The van der Waals surface area contributed by atoms with Crippen LogP contribution in [0.3, 0.4) is 0 Å². The van der Waals surface area contributed by atoms with Gasteiger partial charge in [-0.3, -0.25) is 4.98 Å². The molecular formula is C10H9ClN2O. The average molecular weight is 209 g/mol. The molecular weight excluding hydrogens is 200 g/mol. The molecule has 0 fully saturated rings. The number of pyridine rings is 1. The quantitative estimate of drug-likeness (QED) is 0.825. The summed E-state index contributed by atoms with van der Waals surface area (Å²) in [6, 6.07) is 6.86. The third-order valence-electron chi connectivity index (χ3n) is 1.94. The first-order valence-electron chi connectivity index (χ1n) is 4.18. The van der Waals surface area contributed by atoms with Crippen LogP contribution in [0.4, 0.5) is 0 Å². The number of nitrogens with zero attached hydrogens (tertiary/aromatic N) is 1. The van der Waals surface area contributed by atoms with Crippen LogP contribution in [0.25, 0.3) is 0 Å². The summed E-state index contributed by atoms with van der Waals surface area (Å²) in [5.41, 5.74) is 6.84. The molecule has 2 N–H and O–H groups in total. The van der Waals surface area contributed by atoms with Crippen molar-refractivity contribution in [2.75, 3.05) is 0 Å². The lowest BCUT2D eigenvalue weighted by molar-refractivity contribution is 0.491. The van der Waals surface area contributed by atoms with Gasteiger partial charge in [0.2, 0.25) is 0 Å². The molecule has 0 amide bonds. The largest absolute Gasteiger partial charge is 0.448 e. The summed E-state index contributed by atoms with van der Waals surface area (Å²) in [4.78, 5) is 3.98. The van der Waals surface area contributed by atoms with Gasteiger partial charge in [-0.2, -0.15) is 0 Å². The van der Waals surface area contributed by atoms with Gasteiger partial charge in [0, 0.05) is 12.4 Å². The van der Waals surface area contributed by atoms with E-state index in [1.807, 2.05) is 12.1 Å². The van der Waals surface area contributed by atoms with Crippen LogP contribution >= 0.6 is 11.6 Å². The normalized spacial score (nSPS) is 12.7. The van der Waals surface area contributed by atoms with Crippen molar-refractivity contribution in [3.63, 3.8) is 0 Å². The molecule has 0 aliphatic carbocycles. The molecule has 0 aliphatic rings. The molecule has 14 heavy (non-hydrogen) atoms. The second kappa shape index (κ2) is 3.82. The number of halogens is 1. The van der Waals surface area contributed by atoms with E-state index in [0.717, 1.165) is 5.56 Å². The number of hydrogen-bond acceptors (Lipinski definition) is 3. The monoisotopic (exact) mass is 208 g/mol. The molecule has 72 valence electrons. The summed E-state index contributed by atoms with van der Waals surface area (Å²) in [5, 5.41) is 0.347. The van der Waals surface area contributed by atoms with E-state index in [4.69, 9.17) is 21.8 Å². The predicted molar refractivity (Wildman–Crippen MR) is 54.0 cm³/mol. The fourth-order valence-electron chi connectivity index (χ4n) is 1.22. The van der Waals surface area contributed by atoms with Crippen molar-refractivity contribution in [2.45, 2.75) is 6.04 Å². The minimum absolute atomic E-state index is 0.309. The van der Waals surface area contributed by atoms with Gasteiger partial charge in [-0.05, 0) is 35.4 Å². The summed E-state index contributed by atoms with van der Waals surface area (Å²) in [5.74, 6) is 0.642. The van der Waals surface area contributed by atoms with Gasteiger partial charge in [-0.15, -0.1) is 0 Å². The Kier molecular flexibility index (Phi) is 2.52. The minimum atomic E-state index is -0.309. The van der Waals surface area contributed by atoms with Crippen molar-refractivity contribution in [3.8, 4) is 0 Å². The maximum absolute atomic E-state index is 5.94. The molecule has 2 heterocycles. The van der Waals surface area contributed by atoms with Crippen LogP contribution in [0.2, 0.25) is 5.22 Å². The summed E-state index contributed by atoms with van der Waals surface area (Å²) >= 11 is 5.65. The van der Waals surface area contributed by atoms with Gasteiger partial charge in [-0.25, -0.2) is 0 Å².